The van der Waals surface area contributed by atoms with Crippen LogP contribution in [0.4, 0.5) is 11.4 Å². The fourth-order valence-corrected chi connectivity index (χ4v) is 3.90. The predicted molar refractivity (Wildman–Crippen MR) is 120 cm³/mol. The first kappa shape index (κ1) is 21.0. The lowest BCUT2D eigenvalue weighted by Crippen LogP contribution is -2.46. The molecule has 1 aliphatic rings. The highest BCUT2D eigenvalue weighted by Gasteiger charge is 2.18. The van der Waals surface area contributed by atoms with Crippen molar-refractivity contribution in [2.45, 2.75) is 6.92 Å². The largest absolute Gasteiger partial charge is 0.368 e. The lowest BCUT2D eigenvalue weighted by atomic mass is 10.2. The Bertz CT molecular complexity index is 877. The number of nitrogens with zero attached hydrogens (tertiary/aromatic N) is 2. The number of amides is 1. The van der Waals surface area contributed by atoms with Crippen LogP contribution in [0.3, 0.4) is 0 Å². The molecule has 1 fully saturated rings. The number of anilines is 2. The summed E-state index contributed by atoms with van der Waals surface area (Å²) in [4.78, 5) is 16.9. The van der Waals surface area contributed by atoms with Crippen LogP contribution in [0.1, 0.15) is 12.5 Å². The lowest BCUT2D eigenvalue weighted by molar-refractivity contribution is -0.111. The predicted octanol–water partition coefficient (Wildman–Crippen LogP) is 5.44. The zero-order valence-electron chi connectivity index (χ0n) is 15.6. The number of carbonyl (C=O) groups excluding carboxylic acids is 1. The molecule has 7 heteroatoms. The minimum Gasteiger partial charge on any atom is -0.368 e. The van der Waals surface area contributed by atoms with E-state index in [9.17, 15) is 4.79 Å². The number of piperazine rings is 1. The fraction of sp³-hybridized carbons (Fsp3) is 0.286. The molecule has 0 unspecified atom stereocenters. The maximum Gasteiger partial charge on any atom is 0.248 e. The maximum absolute atomic E-state index is 12.2. The van der Waals surface area contributed by atoms with E-state index in [1.807, 2.05) is 12.1 Å². The van der Waals surface area contributed by atoms with Crippen molar-refractivity contribution in [1.82, 2.24) is 4.90 Å². The summed E-state index contributed by atoms with van der Waals surface area (Å²) in [7, 11) is 0. The highest BCUT2D eigenvalue weighted by molar-refractivity contribution is 6.35. The van der Waals surface area contributed by atoms with E-state index in [4.69, 9.17) is 34.8 Å². The molecule has 3 rings (SSSR count). The minimum absolute atomic E-state index is 0.258. The highest BCUT2D eigenvalue weighted by Crippen LogP contribution is 2.30. The summed E-state index contributed by atoms with van der Waals surface area (Å²) in [5, 5.41) is 4.50. The van der Waals surface area contributed by atoms with Crippen molar-refractivity contribution in [3.8, 4) is 0 Å². The Balaban J connectivity index is 1.62. The molecule has 28 heavy (non-hydrogen) atoms. The van der Waals surface area contributed by atoms with Crippen molar-refractivity contribution in [2.75, 3.05) is 42.9 Å². The van der Waals surface area contributed by atoms with Crippen LogP contribution in [0.15, 0.2) is 42.5 Å². The van der Waals surface area contributed by atoms with Gasteiger partial charge in [-0.2, -0.15) is 0 Å². The van der Waals surface area contributed by atoms with E-state index in [-0.39, 0.29) is 5.91 Å². The SMILES string of the molecule is CCN1CCN(c2ccc(NC(=O)C=Cc3ccc(Cl)cc3Cl)cc2Cl)CC1. The van der Waals surface area contributed by atoms with Gasteiger partial charge in [0, 0.05) is 48.0 Å². The van der Waals surface area contributed by atoms with Gasteiger partial charge in [-0.15, -0.1) is 0 Å². The van der Waals surface area contributed by atoms with Gasteiger partial charge in [0.05, 0.1) is 10.7 Å². The number of hydrogen-bond donors (Lipinski definition) is 1. The Labute approximate surface area is 180 Å². The molecular formula is C21H22Cl3N3O. The number of benzene rings is 2. The van der Waals surface area contributed by atoms with Crippen molar-refractivity contribution in [2.24, 2.45) is 0 Å². The van der Waals surface area contributed by atoms with Crippen LogP contribution in [-0.4, -0.2) is 43.5 Å². The van der Waals surface area contributed by atoms with Crippen LogP contribution >= 0.6 is 34.8 Å². The minimum atomic E-state index is -0.258. The van der Waals surface area contributed by atoms with Crippen molar-refractivity contribution < 1.29 is 4.79 Å². The second-order valence-electron chi connectivity index (χ2n) is 6.58. The highest BCUT2D eigenvalue weighted by atomic mass is 35.5. The van der Waals surface area contributed by atoms with Crippen LogP contribution in [0.2, 0.25) is 15.1 Å². The summed E-state index contributed by atoms with van der Waals surface area (Å²) in [5.74, 6) is -0.258. The molecule has 0 aromatic heterocycles. The second kappa shape index (κ2) is 9.66. The Hall–Kier alpha value is -1.72. The number of halogens is 3. The summed E-state index contributed by atoms with van der Waals surface area (Å²) in [6, 6.07) is 10.7. The fourth-order valence-electron chi connectivity index (χ4n) is 3.13. The Kier molecular flexibility index (Phi) is 7.24. The molecule has 0 spiro atoms. The van der Waals surface area contributed by atoms with Crippen molar-refractivity contribution >= 4 is 58.2 Å². The van der Waals surface area contributed by atoms with Gasteiger partial charge < -0.3 is 15.1 Å². The van der Waals surface area contributed by atoms with E-state index in [0.717, 1.165) is 44.0 Å². The number of hydrogen-bond acceptors (Lipinski definition) is 3. The first-order valence-corrected chi connectivity index (χ1v) is 10.3. The molecule has 1 heterocycles. The smallest absolute Gasteiger partial charge is 0.248 e. The van der Waals surface area contributed by atoms with E-state index < -0.39 is 0 Å². The number of rotatable bonds is 5. The molecule has 0 radical (unpaired) electrons. The van der Waals surface area contributed by atoms with Crippen molar-refractivity contribution in [3.05, 3.63) is 63.1 Å². The standard InChI is InChI=1S/C21H22Cl3N3O/c1-2-26-9-11-27(12-10-26)20-7-6-17(14-19(20)24)25-21(28)8-4-15-3-5-16(22)13-18(15)23/h3-8,13-14H,2,9-12H2,1H3,(H,25,28). The second-order valence-corrected chi connectivity index (χ2v) is 7.83. The van der Waals surface area contributed by atoms with Crippen LogP contribution in [0.5, 0.6) is 0 Å². The van der Waals surface area contributed by atoms with Crippen LogP contribution in [0.25, 0.3) is 6.08 Å². The Morgan fingerprint density at radius 1 is 1.04 bits per heavy atom. The first-order valence-electron chi connectivity index (χ1n) is 9.17. The average molecular weight is 439 g/mol. The molecule has 2 aromatic rings. The topological polar surface area (TPSA) is 35.6 Å². The van der Waals surface area contributed by atoms with Gasteiger partial charge in [0.2, 0.25) is 5.91 Å². The van der Waals surface area contributed by atoms with Crippen LogP contribution in [0, 0.1) is 0 Å². The van der Waals surface area contributed by atoms with E-state index in [0.29, 0.717) is 20.8 Å². The van der Waals surface area contributed by atoms with E-state index in [1.165, 1.54) is 6.08 Å². The molecule has 0 aliphatic carbocycles. The molecule has 0 atom stereocenters. The molecule has 0 saturated carbocycles. The zero-order valence-corrected chi connectivity index (χ0v) is 17.9. The van der Waals surface area contributed by atoms with E-state index in [2.05, 4.69) is 22.0 Å². The van der Waals surface area contributed by atoms with E-state index >= 15 is 0 Å². The average Bonchev–Trinajstić information content (AvgIpc) is 2.67. The van der Waals surface area contributed by atoms with E-state index in [1.54, 1.807) is 30.3 Å². The van der Waals surface area contributed by atoms with Gasteiger partial charge >= 0.3 is 0 Å². The van der Waals surface area contributed by atoms with Gasteiger partial charge in [-0.25, -0.2) is 0 Å². The monoisotopic (exact) mass is 437 g/mol. The number of likely N-dealkylation sites (N-methyl/N-ethyl adjacent to an activating group) is 1. The number of carbonyl (C=O) groups is 1. The maximum atomic E-state index is 12.2. The molecule has 1 amide bonds. The summed E-state index contributed by atoms with van der Waals surface area (Å²) in [5.41, 5.74) is 2.37. The summed E-state index contributed by atoms with van der Waals surface area (Å²) in [6.45, 7) is 7.21. The quantitative estimate of drug-likeness (QED) is 0.631. The molecule has 0 bridgehead atoms. The van der Waals surface area contributed by atoms with Crippen LogP contribution < -0.4 is 10.2 Å². The van der Waals surface area contributed by atoms with Gasteiger partial charge in [0.15, 0.2) is 0 Å². The third-order valence-electron chi connectivity index (χ3n) is 4.75. The lowest BCUT2D eigenvalue weighted by Gasteiger charge is -2.36. The molecule has 4 nitrogen and oxygen atoms in total. The molecule has 1 aliphatic heterocycles. The first-order chi connectivity index (χ1) is 13.5. The summed E-state index contributed by atoms with van der Waals surface area (Å²) < 4.78 is 0. The normalized spacial score (nSPS) is 15.2. The molecule has 1 saturated heterocycles. The zero-order chi connectivity index (χ0) is 20.1. The summed E-state index contributed by atoms with van der Waals surface area (Å²) >= 11 is 18.5. The molecule has 148 valence electrons. The third kappa shape index (κ3) is 5.42. The Morgan fingerprint density at radius 3 is 2.43 bits per heavy atom. The third-order valence-corrected chi connectivity index (χ3v) is 5.62. The summed E-state index contributed by atoms with van der Waals surface area (Å²) in [6.07, 6.45) is 3.08. The molecule has 1 N–H and O–H groups in total. The van der Waals surface area contributed by atoms with Gasteiger partial charge in [-0.1, -0.05) is 47.8 Å². The van der Waals surface area contributed by atoms with Gasteiger partial charge in [-0.05, 0) is 48.5 Å². The van der Waals surface area contributed by atoms with Gasteiger partial charge in [0.1, 0.15) is 0 Å². The Morgan fingerprint density at radius 2 is 1.79 bits per heavy atom. The van der Waals surface area contributed by atoms with Crippen LogP contribution in [-0.2, 0) is 4.79 Å². The van der Waals surface area contributed by atoms with Gasteiger partial charge in [0.25, 0.3) is 0 Å². The molecular weight excluding hydrogens is 417 g/mol. The molecule has 2 aromatic carbocycles. The van der Waals surface area contributed by atoms with Crippen molar-refractivity contribution in [1.29, 1.82) is 0 Å². The number of nitrogens with one attached hydrogen (secondary N) is 1. The van der Waals surface area contributed by atoms with Crippen molar-refractivity contribution in [3.63, 3.8) is 0 Å². The van der Waals surface area contributed by atoms with Gasteiger partial charge in [-0.3, -0.25) is 4.79 Å².